The normalized spacial score (nSPS) is 24.4. The SMILES string of the molecule is O=C(c1ccc(Cl)cc1Cl)C1C2C(=O)N(c3ccccc3F)C(=O)C2C2c3ccccc3C=CN12. The van der Waals surface area contributed by atoms with Crippen molar-refractivity contribution in [1.82, 2.24) is 4.90 Å². The third kappa shape index (κ3) is 3.17. The van der Waals surface area contributed by atoms with Crippen molar-refractivity contribution < 1.29 is 18.8 Å². The number of benzene rings is 3. The lowest BCUT2D eigenvalue weighted by Crippen LogP contribution is -2.44. The number of ketones is 1. The van der Waals surface area contributed by atoms with Crippen molar-refractivity contribution in [2.24, 2.45) is 11.8 Å². The van der Waals surface area contributed by atoms with Crippen molar-refractivity contribution >= 4 is 52.6 Å². The number of amides is 2. The van der Waals surface area contributed by atoms with E-state index in [1.54, 1.807) is 23.2 Å². The van der Waals surface area contributed by atoms with Crippen molar-refractivity contribution in [2.45, 2.75) is 12.1 Å². The first-order valence-electron chi connectivity index (χ1n) is 11.0. The first-order chi connectivity index (χ1) is 16.9. The summed E-state index contributed by atoms with van der Waals surface area (Å²) < 4.78 is 14.7. The molecule has 0 radical (unpaired) electrons. The van der Waals surface area contributed by atoms with Crippen LogP contribution < -0.4 is 4.90 Å². The van der Waals surface area contributed by atoms with E-state index in [0.717, 1.165) is 16.0 Å². The molecule has 0 aromatic heterocycles. The van der Waals surface area contributed by atoms with Gasteiger partial charge in [0.1, 0.15) is 11.9 Å². The van der Waals surface area contributed by atoms with Crippen LogP contribution in [0.25, 0.3) is 6.08 Å². The Kier molecular flexibility index (Phi) is 5.06. The minimum absolute atomic E-state index is 0.112. The van der Waals surface area contributed by atoms with Crippen molar-refractivity contribution in [3.63, 3.8) is 0 Å². The number of fused-ring (bicyclic) bond motifs is 5. The highest BCUT2D eigenvalue weighted by molar-refractivity contribution is 6.37. The summed E-state index contributed by atoms with van der Waals surface area (Å²) in [5.74, 6) is -4.09. The predicted octanol–water partition coefficient (Wildman–Crippen LogP) is 5.53. The number of anilines is 1. The molecule has 0 bridgehead atoms. The van der Waals surface area contributed by atoms with Gasteiger partial charge in [0.15, 0.2) is 5.78 Å². The van der Waals surface area contributed by atoms with Gasteiger partial charge in [-0.05, 0) is 47.5 Å². The van der Waals surface area contributed by atoms with E-state index in [4.69, 9.17) is 23.2 Å². The average Bonchev–Trinajstić information content (AvgIpc) is 3.32. The van der Waals surface area contributed by atoms with Crippen LogP contribution in [0.1, 0.15) is 27.5 Å². The van der Waals surface area contributed by atoms with Gasteiger partial charge in [-0.3, -0.25) is 14.4 Å². The Hall–Kier alpha value is -3.48. The van der Waals surface area contributed by atoms with Gasteiger partial charge in [-0.15, -0.1) is 0 Å². The van der Waals surface area contributed by atoms with E-state index in [1.165, 1.54) is 30.3 Å². The van der Waals surface area contributed by atoms with Gasteiger partial charge in [0, 0.05) is 16.8 Å². The van der Waals surface area contributed by atoms with Crippen LogP contribution in [0.4, 0.5) is 10.1 Å². The number of carbonyl (C=O) groups is 3. The quantitative estimate of drug-likeness (QED) is 0.346. The van der Waals surface area contributed by atoms with E-state index >= 15 is 0 Å². The van der Waals surface area contributed by atoms with E-state index in [0.29, 0.717) is 5.02 Å². The zero-order valence-corrected chi connectivity index (χ0v) is 19.6. The largest absolute Gasteiger partial charge is 0.358 e. The molecule has 3 aromatic carbocycles. The first kappa shape index (κ1) is 22.0. The minimum Gasteiger partial charge on any atom is -0.358 e. The van der Waals surface area contributed by atoms with E-state index in [-0.39, 0.29) is 16.3 Å². The van der Waals surface area contributed by atoms with E-state index in [9.17, 15) is 18.8 Å². The monoisotopic (exact) mass is 506 g/mol. The topological polar surface area (TPSA) is 57.7 Å². The molecule has 0 saturated carbocycles. The van der Waals surface area contributed by atoms with Crippen LogP contribution in [-0.2, 0) is 9.59 Å². The summed E-state index contributed by atoms with van der Waals surface area (Å²) >= 11 is 12.4. The molecule has 6 rings (SSSR count). The maximum Gasteiger partial charge on any atom is 0.240 e. The molecule has 3 aromatic rings. The maximum atomic E-state index is 14.7. The number of halogens is 3. The molecule has 35 heavy (non-hydrogen) atoms. The van der Waals surface area contributed by atoms with Gasteiger partial charge in [0.2, 0.25) is 11.8 Å². The lowest BCUT2D eigenvalue weighted by atomic mass is 9.83. The summed E-state index contributed by atoms with van der Waals surface area (Å²) in [6.07, 6.45) is 3.62. The highest BCUT2D eigenvalue weighted by Crippen LogP contribution is 2.54. The van der Waals surface area contributed by atoms with Crippen LogP contribution >= 0.6 is 23.2 Å². The van der Waals surface area contributed by atoms with Crippen LogP contribution in [-0.4, -0.2) is 28.5 Å². The number of rotatable bonds is 3. The third-order valence-corrected chi connectivity index (χ3v) is 7.57. The van der Waals surface area contributed by atoms with Crippen LogP contribution in [0.5, 0.6) is 0 Å². The van der Waals surface area contributed by atoms with Gasteiger partial charge in [-0.1, -0.05) is 59.6 Å². The number of imide groups is 1. The number of para-hydroxylation sites is 1. The van der Waals surface area contributed by atoms with Gasteiger partial charge in [0.25, 0.3) is 0 Å². The Labute approximate surface area is 210 Å². The van der Waals surface area contributed by atoms with Crippen LogP contribution in [0.2, 0.25) is 10.0 Å². The molecule has 8 heteroatoms. The number of hydrogen-bond acceptors (Lipinski definition) is 4. The van der Waals surface area contributed by atoms with Gasteiger partial charge >= 0.3 is 0 Å². The number of hydrogen-bond donors (Lipinski definition) is 0. The molecule has 4 unspecified atom stereocenters. The van der Waals surface area contributed by atoms with Gasteiger partial charge in [0.05, 0.1) is 28.6 Å². The fourth-order valence-electron chi connectivity index (χ4n) is 5.58. The first-order valence-corrected chi connectivity index (χ1v) is 11.8. The highest BCUT2D eigenvalue weighted by atomic mass is 35.5. The van der Waals surface area contributed by atoms with E-state index < -0.39 is 47.3 Å². The Morgan fingerprint density at radius 3 is 2.37 bits per heavy atom. The molecule has 3 aliphatic heterocycles. The second-order valence-corrected chi connectivity index (χ2v) is 9.63. The van der Waals surface area contributed by atoms with E-state index in [1.807, 2.05) is 30.3 Å². The molecule has 3 aliphatic rings. The molecular formula is C27H17Cl2FN2O3. The molecule has 3 heterocycles. The smallest absolute Gasteiger partial charge is 0.240 e. The fraction of sp³-hybridized carbons (Fsp3) is 0.148. The Morgan fingerprint density at radius 1 is 0.886 bits per heavy atom. The zero-order valence-electron chi connectivity index (χ0n) is 18.1. The summed E-state index contributed by atoms with van der Waals surface area (Å²) in [5.41, 5.74) is 1.82. The predicted molar refractivity (Wildman–Crippen MR) is 131 cm³/mol. The van der Waals surface area contributed by atoms with Crippen LogP contribution in [0.3, 0.4) is 0 Å². The van der Waals surface area contributed by atoms with Crippen LogP contribution in [0.15, 0.2) is 72.9 Å². The molecule has 2 fully saturated rings. The molecule has 2 amide bonds. The molecule has 2 saturated heterocycles. The van der Waals surface area contributed by atoms with Crippen molar-refractivity contribution in [2.75, 3.05) is 4.90 Å². The second kappa shape index (κ2) is 8.04. The van der Waals surface area contributed by atoms with Crippen molar-refractivity contribution in [1.29, 1.82) is 0 Å². The lowest BCUT2D eigenvalue weighted by molar-refractivity contribution is -0.123. The summed E-state index contributed by atoms with van der Waals surface area (Å²) in [7, 11) is 0. The summed E-state index contributed by atoms with van der Waals surface area (Å²) in [4.78, 5) is 44.1. The second-order valence-electron chi connectivity index (χ2n) is 8.78. The molecular weight excluding hydrogens is 490 g/mol. The van der Waals surface area contributed by atoms with Gasteiger partial charge in [-0.2, -0.15) is 0 Å². The van der Waals surface area contributed by atoms with Crippen molar-refractivity contribution in [3.05, 3.63) is 105 Å². The summed E-state index contributed by atoms with van der Waals surface area (Å²) in [6, 6.07) is 16.2. The summed E-state index contributed by atoms with van der Waals surface area (Å²) in [6.45, 7) is 0. The lowest BCUT2D eigenvalue weighted by Gasteiger charge is -2.35. The molecule has 174 valence electrons. The molecule has 4 atom stereocenters. The minimum atomic E-state index is -1.01. The average molecular weight is 507 g/mol. The van der Waals surface area contributed by atoms with Gasteiger partial charge in [-0.25, -0.2) is 9.29 Å². The standard InChI is InChI=1S/C27H17Cl2FN2O3/c28-15-9-10-17(18(29)13-15)25(33)24-22-21(23-16-6-2-1-5-14(16)11-12-31(23)24)26(34)32(27(22)35)20-8-4-3-7-19(20)30/h1-13,21-24H. The zero-order chi connectivity index (χ0) is 24.4. The molecule has 0 N–H and O–H groups in total. The maximum absolute atomic E-state index is 14.7. The third-order valence-electron chi connectivity index (χ3n) is 7.02. The molecule has 5 nitrogen and oxygen atoms in total. The summed E-state index contributed by atoms with van der Waals surface area (Å²) in [5, 5.41) is 0.532. The Balaban J connectivity index is 1.52. The Bertz CT molecular complexity index is 1460. The molecule has 0 spiro atoms. The number of carbonyl (C=O) groups excluding carboxylic acids is 3. The van der Waals surface area contributed by atoms with E-state index in [2.05, 4.69) is 0 Å². The fourth-order valence-corrected chi connectivity index (χ4v) is 6.08. The molecule has 0 aliphatic carbocycles. The number of nitrogens with zero attached hydrogens (tertiary/aromatic N) is 2. The van der Waals surface area contributed by atoms with Gasteiger partial charge < -0.3 is 4.90 Å². The van der Waals surface area contributed by atoms with Crippen molar-refractivity contribution in [3.8, 4) is 0 Å². The highest BCUT2D eigenvalue weighted by Gasteiger charge is 2.64. The number of Topliss-reactive ketones (excluding diaryl/α,β-unsaturated/α-hetero) is 1. The Morgan fingerprint density at radius 2 is 1.60 bits per heavy atom. The van der Waals surface area contributed by atoms with Crippen LogP contribution in [0, 0.1) is 17.7 Å².